The van der Waals surface area contributed by atoms with Crippen LogP contribution in [0.4, 0.5) is 0 Å². The molecular formula is C18H24N2O3S. The van der Waals surface area contributed by atoms with E-state index in [2.05, 4.69) is 24.2 Å². The lowest BCUT2D eigenvalue weighted by Crippen LogP contribution is -2.37. The lowest BCUT2D eigenvalue weighted by atomic mass is 10.0. The highest BCUT2D eigenvalue weighted by Gasteiger charge is 2.35. The van der Waals surface area contributed by atoms with Gasteiger partial charge < -0.3 is 4.52 Å². The molecule has 1 unspecified atom stereocenters. The fraction of sp³-hybridized carbons (Fsp3) is 0.500. The zero-order valence-electron chi connectivity index (χ0n) is 14.2. The molecule has 130 valence electrons. The van der Waals surface area contributed by atoms with Crippen molar-refractivity contribution in [2.24, 2.45) is 0 Å². The first-order chi connectivity index (χ1) is 11.5. The van der Waals surface area contributed by atoms with Gasteiger partial charge in [0.1, 0.15) is 5.75 Å². The van der Waals surface area contributed by atoms with E-state index in [1.807, 2.05) is 19.1 Å². The molecule has 0 spiro atoms. The van der Waals surface area contributed by atoms with Gasteiger partial charge in [-0.25, -0.2) is 8.42 Å². The van der Waals surface area contributed by atoms with Crippen LogP contribution in [0.25, 0.3) is 0 Å². The number of aromatic nitrogens is 1. The third-order valence-electron chi connectivity index (χ3n) is 4.69. The molecule has 1 aliphatic rings. The van der Waals surface area contributed by atoms with Gasteiger partial charge in [0.2, 0.25) is 10.0 Å². The van der Waals surface area contributed by atoms with Crippen LogP contribution in [0.3, 0.4) is 0 Å². The monoisotopic (exact) mass is 348 g/mol. The summed E-state index contributed by atoms with van der Waals surface area (Å²) in [5.74, 6) is 0.318. The molecule has 2 heterocycles. The predicted molar refractivity (Wildman–Crippen MR) is 93.1 cm³/mol. The van der Waals surface area contributed by atoms with Gasteiger partial charge in [-0.15, -0.1) is 0 Å². The van der Waals surface area contributed by atoms with Crippen LogP contribution in [0.5, 0.6) is 0 Å². The quantitative estimate of drug-likeness (QED) is 0.805. The summed E-state index contributed by atoms with van der Waals surface area (Å²) in [7, 11) is -3.39. The number of aryl methyl sites for hydroxylation is 2. The lowest BCUT2D eigenvalue weighted by molar-refractivity contribution is 0.367. The molecule has 3 rings (SSSR count). The Kier molecular flexibility index (Phi) is 5.06. The molecule has 6 heteroatoms. The smallest absolute Gasteiger partial charge is 0.221 e. The summed E-state index contributed by atoms with van der Waals surface area (Å²) in [5, 5.41) is 3.89. The van der Waals surface area contributed by atoms with Crippen molar-refractivity contribution >= 4 is 10.0 Å². The Morgan fingerprint density at radius 2 is 2.12 bits per heavy atom. The molecule has 1 saturated heterocycles. The molecule has 1 aromatic carbocycles. The minimum absolute atomic E-state index is 0.0321. The van der Waals surface area contributed by atoms with Crippen molar-refractivity contribution in [3.8, 4) is 0 Å². The van der Waals surface area contributed by atoms with Crippen molar-refractivity contribution in [2.75, 3.05) is 6.54 Å². The first-order valence-electron chi connectivity index (χ1n) is 8.48. The number of benzene rings is 1. The van der Waals surface area contributed by atoms with Crippen LogP contribution < -0.4 is 0 Å². The maximum atomic E-state index is 12.8. The summed E-state index contributed by atoms with van der Waals surface area (Å²) in [4.78, 5) is 0. The summed E-state index contributed by atoms with van der Waals surface area (Å²) in [6, 6.07) is 9.95. The van der Waals surface area contributed by atoms with Gasteiger partial charge in [-0.05, 0) is 43.7 Å². The summed E-state index contributed by atoms with van der Waals surface area (Å²) >= 11 is 0. The number of sulfonamides is 1. The Bertz CT molecular complexity index is 798. The standard InChI is InChI=1S/C18H24N2O3S/c1-3-16-12-18(23-19-16)13-24(21,22)20-10-6-9-17(20)11-15-8-5-4-7-14(15)2/h4-5,7-8,12,17H,3,6,9-11,13H2,1-2H3. The van der Waals surface area contributed by atoms with Crippen molar-refractivity contribution < 1.29 is 12.9 Å². The highest BCUT2D eigenvalue weighted by atomic mass is 32.2. The van der Waals surface area contributed by atoms with E-state index in [9.17, 15) is 8.42 Å². The summed E-state index contributed by atoms with van der Waals surface area (Å²) in [6.45, 7) is 4.63. The second kappa shape index (κ2) is 7.07. The van der Waals surface area contributed by atoms with Crippen LogP contribution in [0, 0.1) is 6.92 Å². The van der Waals surface area contributed by atoms with Crippen molar-refractivity contribution in [1.82, 2.24) is 9.46 Å². The first-order valence-corrected chi connectivity index (χ1v) is 10.1. The number of nitrogens with zero attached hydrogens (tertiary/aromatic N) is 2. The van der Waals surface area contributed by atoms with Crippen molar-refractivity contribution in [1.29, 1.82) is 0 Å². The fourth-order valence-electron chi connectivity index (χ4n) is 3.33. The second-order valence-electron chi connectivity index (χ2n) is 6.43. The van der Waals surface area contributed by atoms with Crippen molar-refractivity contribution in [3.63, 3.8) is 0 Å². The van der Waals surface area contributed by atoms with Gasteiger partial charge >= 0.3 is 0 Å². The Hall–Kier alpha value is -1.66. The summed E-state index contributed by atoms with van der Waals surface area (Å²) in [6.07, 6.45) is 3.32. The van der Waals surface area contributed by atoms with E-state index in [-0.39, 0.29) is 11.8 Å². The van der Waals surface area contributed by atoms with E-state index in [1.165, 1.54) is 11.1 Å². The average Bonchev–Trinajstić information content (AvgIpc) is 3.18. The Balaban J connectivity index is 1.75. The first kappa shape index (κ1) is 17.2. The SMILES string of the molecule is CCc1cc(CS(=O)(=O)N2CCCC2Cc2ccccc2C)on1. The lowest BCUT2D eigenvalue weighted by Gasteiger charge is -2.24. The van der Waals surface area contributed by atoms with Crippen molar-refractivity contribution in [3.05, 3.63) is 52.9 Å². The van der Waals surface area contributed by atoms with Crippen LogP contribution >= 0.6 is 0 Å². The van der Waals surface area contributed by atoms with Crippen LogP contribution in [-0.2, 0) is 28.6 Å². The van der Waals surface area contributed by atoms with E-state index in [1.54, 1.807) is 10.4 Å². The number of hydrogen-bond acceptors (Lipinski definition) is 4. The summed E-state index contributed by atoms with van der Waals surface area (Å²) < 4.78 is 32.5. The molecular weight excluding hydrogens is 324 g/mol. The molecule has 0 amide bonds. The van der Waals surface area contributed by atoms with Gasteiger partial charge in [0.05, 0.1) is 5.69 Å². The zero-order chi connectivity index (χ0) is 17.2. The maximum absolute atomic E-state index is 12.8. The van der Waals surface area contributed by atoms with Gasteiger partial charge in [-0.3, -0.25) is 0 Å². The molecule has 0 radical (unpaired) electrons. The maximum Gasteiger partial charge on any atom is 0.221 e. The van der Waals surface area contributed by atoms with Crippen LogP contribution in [0.15, 0.2) is 34.9 Å². The second-order valence-corrected chi connectivity index (χ2v) is 8.35. The fourth-order valence-corrected chi connectivity index (χ4v) is 5.03. The molecule has 1 aliphatic heterocycles. The molecule has 1 atom stereocenters. The average molecular weight is 348 g/mol. The topological polar surface area (TPSA) is 63.4 Å². The van der Waals surface area contributed by atoms with Gasteiger partial charge in [-0.2, -0.15) is 4.31 Å². The van der Waals surface area contributed by atoms with Gasteiger partial charge in [0, 0.05) is 18.7 Å². The Morgan fingerprint density at radius 1 is 1.33 bits per heavy atom. The predicted octanol–water partition coefficient (Wildman–Crippen LogP) is 3.08. The largest absolute Gasteiger partial charge is 0.360 e. The minimum Gasteiger partial charge on any atom is -0.360 e. The minimum atomic E-state index is -3.39. The zero-order valence-corrected chi connectivity index (χ0v) is 15.1. The Labute approximate surface area is 143 Å². The van der Waals surface area contributed by atoms with Crippen LogP contribution in [0.1, 0.15) is 42.3 Å². The molecule has 1 aromatic heterocycles. The Morgan fingerprint density at radius 3 is 2.83 bits per heavy atom. The molecule has 1 fully saturated rings. The molecule has 0 aliphatic carbocycles. The number of rotatable bonds is 6. The van der Waals surface area contributed by atoms with Crippen LogP contribution in [0.2, 0.25) is 0 Å². The summed E-state index contributed by atoms with van der Waals surface area (Å²) in [5.41, 5.74) is 3.22. The van der Waals surface area contributed by atoms with Gasteiger partial charge in [0.25, 0.3) is 0 Å². The normalized spacial score (nSPS) is 19.0. The highest BCUT2D eigenvalue weighted by Crippen LogP contribution is 2.27. The van der Waals surface area contributed by atoms with E-state index >= 15 is 0 Å². The molecule has 0 N–H and O–H groups in total. The van der Waals surface area contributed by atoms with Crippen LogP contribution in [-0.4, -0.2) is 30.5 Å². The molecule has 24 heavy (non-hydrogen) atoms. The number of hydrogen-bond donors (Lipinski definition) is 0. The van der Waals surface area contributed by atoms with E-state index in [0.717, 1.165) is 31.4 Å². The molecule has 0 bridgehead atoms. The van der Waals surface area contributed by atoms with E-state index < -0.39 is 10.0 Å². The molecule has 5 nitrogen and oxygen atoms in total. The van der Waals surface area contributed by atoms with Gasteiger partial charge in [-0.1, -0.05) is 36.3 Å². The van der Waals surface area contributed by atoms with E-state index in [0.29, 0.717) is 12.3 Å². The third-order valence-corrected chi connectivity index (χ3v) is 6.54. The van der Waals surface area contributed by atoms with Gasteiger partial charge in [0.15, 0.2) is 5.76 Å². The van der Waals surface area contributed by atoms with E-state index in [4.69, 9.17) is 4.52 Å². The molecule has 0 saturated carbocycles. The third kappa shape index (κ3) is 3.70. The molecule has 2 aromatic rings. The van der Waals surface area contributed by atoms with Crippen molar-refractivity contribution in [2.45, 2.75) is 51.3 Å². The highest BCUT2D eigenvalue weighted by molar-refractivity contribution is 7.88.